The summed E-state index contributed by atoms with van der Waals surface area (Å²) in [6.07, 6.45) is 2.12. The molecule has 0 radical (unpaired) electrons. The van der Waals surface area contributed by atoms with Gasteiger partial charge in [0.1, 0.15) is 0 Å². The molecule has 1 aromatic heterocycles. The highest BCUT2D eigenvalue weighted by molar-refractivity contribution is 5.96. The minimum atomic E-state index is -0.953. The molecule has 16 heavy (non-hydrogen) atoms. The molecule has 0 unspecified atom stereocenters. The van der Waals surface area contributed by atoms with Gasteiger partial charge in [0.25, 0.3) is 0 Å². The zero-order valence-corrected chi connectivity index (χ0v) is 9.02. The van der Waals surface area contributed by atoms with Crippen molar-refractivity contribution >= 4 is 11.8 Å². The zero-order valence-electron chi connectivity index (χ0n) is 9.02. The summed E-state index contributed by atoms with van der Waals surface area (Å²) in [6.45, 7) is 3.25. The first-order valence-electron chi connectivity index (χ1n) is 4.91. The molecule has 1 fully saturated rings. The van der Waals surface area contributed by atoms with Crippen molar-refractivity contribution in [2.24, 2.45) is 0 Å². The van der Waals surface area contributed by atoms with Gasteiger partial charge in [0, 0.05) is 26.2 Å². The highest BCUT2D eigenvalue weighted by atomic mass is 16.8. The number of hydrogen-bond donors (Lipinski definition) is 1. The molecule has 86 valence electrons. The van der Waals surface area contributed by atoms with Crippen molar-refractivity contribution in [2.45, 2.75) is 32.2 Å². The van der Waals surface area contributed by atoms with Crippen LogP contribution in [0.25, 0.3) is 0 Å². The molecule has 0 aromatic carbocycles. The Hall–Kier alpha value is -1.69. The van der Waals surface area contributed by atoms with Gasteiger partial charge in [0.05, 0.1) is 6.42 Å². The standard InChI is InChI=1S/C10H12N2O4/c1-10(2)15-7(9(14)16-10)5-6(13)8-11-3-4-12-8/h3-4,7H,5H2,1-2H3,(H,11,12)/t7-/m0/s1. The fourth-order valence-electron chi connectivity index (χ4n) is 1.53. The number of Topliss-reactive ketones (excluding diaryl/α,β-unsaturated/α-hetero) is 1. The van der Waals surface area contributed by atoms with Gasteiger partial charge in [-0.3, -0.25) is 4.79 Å². The summed E-state index contributed by atoms with van der Waals surface area (Å²) < 4.78 is 10.2. The van der Waals surface area contributed by atoms with Crippen LogP contribution in [0, 0.1) is 0 Å². The first-order valence-corrected chi connectivity index (χ1v) is 4.91. The molecule has 0 bridgehead atoms. The van der Waals surface area contributed by atoms with Crippen LogP contribution in [-0.2, 0) is 14.3 Å². The molecule has 1 aromatic rings. The number of carbonyl (C=O) groups is 2. The average molecular weight is 224 g/mol. The monoisotopic (exact) mass is 224 g/mol. The number of hydrogen-bond acceptors (Lipinski definition) is 5. The lowest BCUT2D eigenvalue weighted by Crippen LogP contribution is -2.23. The molecule has 1 saturated heterocycles. The van der Waals surface area contributed by atoms with E-state index >= 15 is 0 Å². The minimum Gasteiger partial charge on any atom is -0.432 e. The molecule has 1 atom stereocenters. The van der Waals surface area contributed by atoms with Crippen molar-refractivity contribution < 1.29 is 19.1 Å². The number of aromatic nitrogens is 2. The Balaban J connectivity index is 2.01. The van der Waals surface area contributed by atoms with E-state index in [4.69, 9.17) is 9.47 Å². The first-order chi connectivity index (χ1) is 7.48. The number of cyclic esters (lactones) is 1. The largest absolute Gasteiger partial charge is 0.432 e. The molecular weight excluding hydrogens is 212 g/mol. The molecule has 6 nitrogen and oxygen atoms in total. The van der Waals surface area contributed by atoms with Gasteiger partial charge in [0.2, 0.25) is 11.6 Å². The third kappa shape index (κ3) is 2.11. The van der Waals surface area contributed by atoms with Crippen LogP contribution in [-0.4, -0.2) is 33.6 Å². The number of carbonyl (C=O) groups excluding carboxylic acids is 2. The fraction of sp³-hybridized carbons (Fsp3) is 0.500. The Morgan fingerprint density at radius 1 is 1.62 bits per heavy atom. The molecule has 0 saturated carbocycles. The second kappa shape index (κ2) is 3.71. The Morgan fingerprint density at radius 3 is 2.88 bits per heavy atom. The highest BCUT2D eigenvalue weighted by Crippen LogP contribution is 2.25. The van der Waals surface area contributed by atoms with E-state index in [0.29, 0.717) is 0 Å². The van der Waals surface area contributed by atoms with E-state index in [1.54, 1.807) is 20.0 Å². The Labute approximate surface area is 92.0 Å². The van der Waals surface area contributed by atoms with Crippen LogP contribution < -0.4 is 0 Å². The summed E-state index contributed by atoms with van der Waals surface area (Å²) in [4.78, 5) is 29.5. The van der Waals surface area contributed by atoms with E-state index in [1.807, 2.05) is 0 Å². The summed E-state index contributed by atoms with van der Waals surface area (Å²) in [5, 5.41) is 0. The molecule has 0 spiro atoms. The van der Waals surface area contributed by atoms with Gasteiger partial charge in [-0.25, -0.2) is 9.78 Å². The van der Waals surface area contributed by atoms with Gasteiger partial charge in [-0.1, -0.05) is 0 Å². The second-order valence-electron chi connectivity index (χ2n) is 3.99. The lowest BCUT2D eigenvalue weighted by molar-refractivity contribution is -0.160. The summed E-state index contributed by atoms with van der Waals surface area (Å²) in [6, 6.07) is 0. The van der Waals surface area contributed by atoms with Crippen molar-refractivity contribution in [3.63, 3.8) is 0 Å². The molecule has 0 aliphatic carbocycles. The molecule has 1 aliphatic heterocycles. The number of imidazole rings is 1. The van der Waals surface area contributed by atoms with Crippen molar-refractivity contribution in [2.75, 3.05) is 0 Å². The van der Waals surface area contributed by atoms with E-state index in [9.17, 15) is 9.59 Å². The molecule has 0 amide bonds. The number of ketones is 1. The maximum absolute atomic E-state index is 11.6. The number of esters is 1. The van der Waals surface area contributed by atoms with Crippen LogP contribution in [0.3, 0.4) is 0 Å². The molecule has 2 heterocycles. The fourth-order valence-corrected chi connectivity index (χ4v) is 1.53. The summed E-state index contributed by atoms with van der Waals surface area (Å²) >= 11 is 0. The van der Waals surface area contributed by atoms with Crippen molar-refractivity contribution in [1.82, 2.24) is 9.97 Å². The number of nitrogens with zero attached hydrogens (tertiary/aromatic N) is 1. The number of H-pyrrole nitrogens is 1. The van der Waals surface area contributed by atoms with Crippen molar-refractivity contribution in [3.05, 3.63) is 18.2 Å². The maximum Gasteiger partial charge on any atom is 0.338 e. The summed E-state index contributed by atoms with van der Waals surface area (Å²) in [7, 11) is 0. The SMILES string of the molecule is CC1(C)OC(=O)[C@H](CC(=O)c2ncc[nH]2)O1. The molecule has 1 aliphatic rings. The van der Waals surface area contributed by atoms with Gasteiger partial charge >= 0.3 is 5.97 Å². The normalized spacial score (nSPS) is 23.1. The number of aromatic amines is 1. The van der Waals surface area contributed by atoms with E-state index in [1.165, 1.54) is 6.20 Å². The van der Waals surface area contributed by atoms with Gasteiger partial charge in [0.15, 0.2) is 11.9 Å². The topological polar surface area (TPSA) is 81.3 Å². The van der Waals surface area contributed by atoms with E-state index in [2.05, 4.69) is 9.97 Å². The second-order valence-corrected chi connectivity index (χ2v) is 3.99. The van der Waals surface area contributed by atoms with Crippen LogP contribution in [0.5, 0.6) is 0 Å². The molecular formula is C10H12N2O4. The summed E-state index contributed by atoms with van der Waals surface area (Å²) in [5.41, 5.74) is 0. The highest BCUT2D eigenvalue weighted by Gasteiger charge is 2.42. The minimum absolute atomic E-state index is 0.0597. The molecule has 2 rings (SSSR count). The lowest BCUT2D eigenvalue weighted by atomic mass is 10.2. The quantitative estimate of drug-likeness (QED) is 0.602. The Kier molecular flexibility index (Phi) is 2.51. The van der Waals surface area contributed by atoms with E-state index in [-0.39, 0.29) is 18.0 Å². The Morgan fingerprint density at radius 2 is 2.38 bits per heavy atom. The number of rotatable bonds is 3. The third-order valence-corrected chi connectivity index (χ3v) is 2.17. The van der Waals surface area contributed by atoms with Crippen LogP contribution >= 0.6 is 0 Å². The smallest absolute Gasteiger partial charge is 0.338 e. The van der Waals surface area contributed by atoms with Crippen molar-refractivity contribution in [3.8, 4) is 0 Å². The first kappa shape index (κ1) is 10.8. The predicted molar refractivity (Wildman–Crippen MR) is 52.6 cm³/mol. The van der Waals surface area contributed by atoms with Crippen LogP contribution in [0.4, 0.5) is 0 Å². The maximum atomic E-state index is 11.6. The van der Waals surface area contributed by atoms with Gasteiger partial charge in [-0.05, 0) is 0 Å². The van der Waals surface area contributed by atoms with Crippen LogP contribution in [0.15, 0.2) is 12.4 Å². The van der Waals surface area contributed by atoms with Gasteiger partial charge in [-0.15, -0.1) is 0 Å². The number of ether oxygens (including phenoxy) is 2. The average Bonchev–Trinajstić information content (AvgIpc) is 2.74. The molecule has 6 heteroatoms. The number of nitrogens with one attached hydrogen (secondary N) is 1. The zero-order chi connectivity index (χ0) is 11.8. The predicted octanol–water partition coefficient (Wildman–Crippen LogP) is 0.661. The summed E-state index contributed by atoms with van der Waals surface area (Å²) in [5.74, 6) is -1.51. The van der Waals surface area contributed by atoms with Crippen molar-refractivity contribution in [1.29, 1.82) is 0 Å². The van der Waals surface area contributed by atoms with Crippen LogP contribution in [0.2, 0.25) is 0 Å². The third-order valence-electron chi connectivity index (χ3n) is 2.17. The lowest BCUT2D eigenvalue weighted by Gasteiger charge is -2.14. The van der Waals surface area contributed by atoms with Gasteiger partial charge in [-0.2, -0.15) is 0 Å². The van der Waals surface area contributed by atoms with E-state index in [0.717, 1.165) is 0 Å². The Bertz CT molecular complexity index is 410. The van der Waals surface area contributed by atoms with Gasteiger partial charge < -0.3 is 14.5 Å². The van der Waals surface area contributed by atoms with Crippen LogP contribution in [0.1, 0.15) is 30.9 Å². The molecule has 1 N–H and O–H groups in total. The van der Waals surface area contributed by atoms with E-state index < -0.39 is 17.9 Å².